The second kappa shape index (κ2) is 9.08. The molecule has 0 unspecified atom stereocenters. The number of carbonyl (C=O) groups excluding carboxylic acids is 2. The molecule has 1 aliphatic rings. The molecule has 1 fully saturated rings. The molecule has 0 saturated carbocycles. The molecule has 3 rings (SSSR count). The lowest BCUT2D eigenvalue weighted by Gasteiger charge is -2.10. The van der Waals surface area contributed by atoms with Crippen LogP contribution in [-0.4, -0.2) is 37.2 Å². The SMILES string of the molecule is CCOc1ccc(CCCN2C(=O)O/C(=C/c3ccc(OC)cc3)C2=O)cc1. The third-order valence-corrected chi connectivity index (χ3v) is 4.37. The zero-order valence-electron chi connectivity index (χ0n) is 16.0. The Bertz CT molecular complexity index is 856. The third-order valence-electron chi connectivity index (χ3n) is 4.37. The van der Waals surface area contributed by atoms with E-state index in [9.17, 15) is 9.59 Å². The molecule has 2 amide bonds. The van der Waals surface area contributed by atoms with Crippen molar-refractivity contribution in [2.75, 3.05) is 20.3 Å². The highest BCUT2D eigenvalue weighted by molar-refractivity contribution is 6.09. The van der Waals surface area contributed by atoms with Crippen LogP contribution in [0.5, 0.6) is 11.5 Å². The Balaban J connectivity index is 1.56. The van der Waals surface area contributed by atoms with Crippen LogP contribution >= 0.6 is 0 Å². The third kappa shape index (κ3) is 4.71. The average Bonchev–Trinajstić information content (AvgIpc) is 2.97. The van der Waals surface area contributed by atoms with Gasteiger partial charge in [-0.1, -0.05) is 24.3 Å². The van der Waals surface area contributed by atoms with Gasteiger partial charge in [0.15, 0.2) is 5.76 Å². The van der Waals surface area contributed by atoms with E-state index in [4.69, 9.17) is 14.2 Å². The van der Waals surface area contributed by atoms with Crippen molar-refractivity contribution in [1.29, 1.82) is 0 Å². The van der Waals surface area contributed by atoms with E-state index in [1.54, 1.807) is 37.5 Å². The van der Waals surface area contributed by atoms with Gasteiger partial charge in [0.1, 0.15) is 11.5 Å². The summed E-state index contributed by atoms with van der Waals surface area (Å²) in [7, 11) is 1.58. The minimum atomic E-state index is -0.628. The summed E-state index contributed by atoms with van der Waals surface area (Å²) in [4.78, 5) is 25.7. The second-order valence-corrected chi connectivity index (χ2v) is 6.29. The molecule has 0 aromatic heterocycles. The van der Waals surface area contributed by atoms with Crippen molar-refractivity contribution >= 4 is 18.1 Å². The van der Waals surface area contributed by atoms with Gasteiger partial charge in [0.2, 0.25) is 0 Å². The molecule has 1 aliphatic heterocycles. The molecule has 0 radical (unpaired) electrons. The van der Waals surface area contributed by atoms with Crippen molar-refractivity contribution in [2.24, 2.45) is 0 Å². The standard InChI is InChI=1S/C22H23NO5/c1-3-27-19-12-6-16(7-13-19)5-4-14-23-21(24)20(28-22(23)25)15-17-8-10-18(26-2)11-9-17/h6-13,15H,3-5,14H2,1-2H3/b20-15+. The monoisotopic (exact) mass is 381 g/mol. The summed E-state index contributed by atoms with van der Waals surface area (Å²) in [6, 6.07) is 15.0. The van der Waals surface area contributed by atoms with Crippen LogP contribution in [-0.2, 0) is 16.0 Å². The summed E-state index contributed by atoms with van der Waals surface area (Å²) >= 11 is 0. The normalized spacial score (nSPS) is 15.1. The number of hydrogen-bond acceptors (Lipinski definition) is 5. The van der Waals surface area contributed by atoms with Crippen molar-refractivity contribution in [3.63, 3.8) is 0 Å². The number of benzene rings is 2. The van der Waals surface area contributed by atoms with Crippen LogP contribution < -0.4 is 9.47 Å². The maximum atomic E-state index is 12.5. The van der Waals surface area contributed by atoms with Crippen LogP contribution in [0.15, 0.2) is 54.3 Å². The fourth-order valence-electron chi connectivity index (χ4n) is 2.90. The smallest absolute Gasteiger partial charge is 0.422 e. The maximum Gasteiger partial charge on any atom is 0.422 e. The van der Waals surface area contributed by atoms with Gasteiger partial charge in [0.05, 0.1) is 13.7 Å². The Kier molecular flexibility index (Phi) is 6.32. The highest BCUT2D eigenvalue weighted by atomic mass is 16.6. The van der Waals surface area contributed by atoms with Crippen molar-refractivity contribution in [3.05, 3.63) is 65.4 Å². The fourth-order valence-corrected chi connectivity index (χ4v) is 2.90. The molecule has 0 N–H and O–H groups in total. The molecule has 146 valence electrons. The van der Waals surface area contributed by atoms with E-state index in [1.165, 1.54) is 0 Å². The Morgan fingerprint density at radius 3 is 2.32 bits per heavy atom. The molecule has 0 bridgehead atoms. The zero-order chi connectivity index (χ0) is 19.9. The van der Waals surface area contributed by atoms with E-state index in [1.807, 2.05) is 31.2 Å². The molecule has 6 heteroatoms. The summed E-state index contributed by atoms with van der Waals surface area (Å²) in [6.45, 7) is 2.88. The predicted octanol–water partition coefficient (Wildman–Crippen LogP) is 4.05. The molecule has 0 aliphatic carbocycles. The zero-order valence-corrected chi connectivity index (χ0v) is 16.0. The highest BCUT2D eigenvalue weighted by Gasteiger charge is 2.35. The van der Waals surface area contributed by atoms with Crippen LogP contribution in [0, 0.1) is 0 Å². The highest BCUT2D eigenvalue weighted by Crippen LogP contribution is 2.22. The number of rotatable bonds is 8. The number of carbonyl (C=O) groups is 2. The van der Waals surface area contributed by atoms with Crippen LogP contribution in [0.4, 0.5) is 4.79 Å². The van der Waals surface area contributed by atoms with E-state index < -0.39 is 12.0 Å². The van der Waals surface area contributed by atoms with E-state index >= 15 is 0 Å². The van der Waals surface area contributed by atoms with E-state index in [0.717, 1.165) is 28.2 Å². The number of aryl methyl sites for hydroxylation is 1. The minimum absolute atomic E-state index is 0.0382. The lowest BCUT2D eigenvalue weighted by molar-refractivity contribution is -0.123. The van der Waals surface area contributed by atoms with Crippen molar-refractivity contribution < 1.29 is 23.8 Å². The Morgan fingerprint density at radius 2 is 1.68 bits per heavy atom. The maximum absolute atomic E-state index is 12.5. The van der Waals surface area contributed by atoms with Crippen molar-refractivity contribution in [1.82, 2.24) is 4.90 Å². The lowest BCUT2D eigenvalue weighted by Crippen LogP contribution is -2.30. The molecule has 1 saturated heterocycles. The molecular weight excluding hydrogens is 358 g/mol. The van der Waals surface area contributed by atoms with Gasteiger partial charge in [0.25, 0.3) is 5.91 Å². The van der Waals surface area contributed by atoms with Gasteiger partial charge in [-0.05, 0) is 61.2 Å². The van der Waals surface area contributed by atoms with Gasteiger partial charge in [-0.15, -0.1) is 0 Å². The molecule has 1 heterocycles. The van der Waals surface area contributed by atoms with Crippen LogP contribution in [0.25, 0.3) is 6.08 Å². The number of cyclic esters (lactones) is 1. The van der Waals surface area contributed by atoms with Crippen molar-refractivity contribution in [3.8, 4) is 11.5 Å². The van der Waals surface area contributed by atoms with E-state index in [2.05, 4.69) is 0 Å². The molecule has 0 spiro atoms. The van der Waals surface area contributed by atoms with Crippen LogP contribution in [0.3, 0.4) is 0 Å². The second-order valence-electron chi connectivity index (χ2n) is 6.29. The summed E-state index contributed by atoms with van der Waals surface area (Å²) in [5, 5.41) is 0. The first-order valence-corrected chi connectivity index (χ1v) is 9.22. The summed E-state index contributed by atoms with van der Waals surface area (Å²) in [6.07, 6.45) is 2.34. The van der Waals surface area contributed by atoms with Crippen LogP contribution in [0.1, 0.15) is 24.5 Å². The number of amides is 2. The quantitative estimate of drug-likeness (QED) is 0.646. The largest absolute Gasteiger partial charge is 0.497 e. The minimum Gasteiger partial charge on any atom is -0.497 e. The summed E-state index contributed by atoms with van der Waals surface area (Å²) in [5.41, 5.74) is 1.88. The lowest BCUT2D eigenvalue weighted by atomic mass is 10.1. The number of methoxy groups -OCH3 is 1. The molecule has 28 heavy (non-hydrogen) atoms. The number of nitrogens with zero attached hydrogens (tertiary/aromatic N) is 1. The van der Waals surface area contributed by atoms with Crippen LogP contribution in [0.2, 0.25) is 0 Å². The number of hydrogen-bond donors (Lipinski definition) is 0. The van der Waals surface area contributed by atoms with Gasteiger partial charge in [-0.25, -0.2) is 9.69 Å². The number of ether oxygens (including phenoxy) is 3. The van der Waals surface area contributed by atoms with E-state index in [-0.39, 0.29) is 5.76 Å². The van der Waals surface area contributed by atoms with Gasteiger partial charge in [0, 0.05) is 6.54 Å². The van der Waals surface area contributed by atoms with Gasteiger partial charge in [-0.3, -0.25) is 4.79 Å². The first-order chi connectivity index (χ1) is 13.6. The molecule has 0 atom stereocenters. The van der Waals surface area contributed by atoms with Gasteiger partial charge >= 0.3 is 6.09 Å². The van der Waals surface area contributed by atoms with Crippen molar-refractivity contribution in [2.45, 2.75) is 19.8 Å². The van der Waals surface area contributed by atoms with Gasteiger partial charge in [-0.2, -0.15) is 0 Å². The molecule has 2 aromatic carbocycles. The average molecular weight is 381 g/mol. The molecule has 6 nitrogen and oxygen atoms in total. The summed E-state index contributed by atoms with van der Waals surface area (Å²) in [5.74, 6) is 1.18. The van der Waals surface area contributed by atoms with Gasteiger partial charge < -0.3 is 14.2 Å². The Hall–Kier alpha value is -3.28. The number of imide groups is 1. The fraction of sp³-hybridized carbons (Fsp3) is 0.273. The Labute approximate surface area is 164 Å². The van der Waals surface area contributed by atoms with E-state index in [0.29, 0.717) is 25.3 Å². The summed E-state index contributed by atoms with van der Waals surface area (Å²) < 4.78 is 15.7. The first kappa shape index (κ1) is 19.5. The molecular formula is C22H23NO5. The predicted molar refractivity (Wildman–Crippen MR) is 105 cm³/mol. The first-order valence-electron chi connectivity index (χ1n) is 9.22. The Morgan fingerprint density at radius 1 is 1.00 bits per heavy atom. The topological polar surface area (TPSA) is 65.1 Å². The molecule has 2 aromatic rings.